The molecule has 1 aromatic heterocycles. The Balaban J connectivity index is 1.26. The van der Waals surface area contributed by atoms with Crippen LogP contribution in [0.4, 0.5) is 4.79 Å². The first kappa shape index (κ1) is 16.0. The van der Waals surface area contributed by atoms with Crippen LogP contribution in [0.1, 0.15) is 36.9 Å². The van der Waals surface area contributed by atoms with Crippen molar-refractivity contribution in [2.24, 2.45) is 0 Å². The second-order valence-electron chi connectivity index (χ2n) is 6.98. The number of rotatable bonds is 5. The molecule has 1 aliphatic carbocycles. The molecule has 0 saturated heterocycles. The van der Waals surface area contributed by atoms with Crippen molar-refractivity contribution in [3.05, 3.63) is 35.5 Å². The molecule has 6 nitrogen and oxygen atoms in total. The third kappa shape index (κ3) is 3.62. The highest BCUT2D eigenvalue weighted by Crippen LogP contribution is 2.27. The van der Waals surface area contributed by atoms with Crippen molar-refractivity contribution in [2.75, 3.05) is 13.1 Å². The Kier molecular flexibility index (Phi) is 4.34. The van der Waals surface area contributed by atoms with Crippen molar-refractivity contribution in [1.82, 2.24) is 20.5 Å². The van der Waals surface area contributed by atoms with Gasteiger partial charge < -0.3 is 20.5 Å². The maximum Gasteiger partial charge on any atom is 0.317 e. The monoisotopic (exact) mass is 340 g/mol. The van der Waals surface area contributed by atoms with Crippen LogP contribution in [0.3, 0.4) is 0 Å². The fraction of sp³-hybridized carbons (Fsp3) is 0.474. The molecule has 0 radical (unpaired) electrons. The SMILES string of the molecule is O=C(CCCNC(=O)N1CCc2c([nH]c3ccccc23)C1)NC1CC1. The number of amides is 3. The smallest absolute Gasteiger partial charge is 0.317 e. The minimum Gasteiger partial charge on any atom is -0.357 e. The summed E-state index contributed by atoms with van der Waals surface area (Å²) >= 11 is 0. The van der Waals surface area contributed by atoms with Crippen molar-refractivity contribution >= 4 is 22.8 Å². The summed E-state index contributed by atoms with van der Waals surface area (Å²) in [6, 6.07) is 8.63. The fourth-order valence-corrected chi connectivity index (χ4v) is 3.45. The highest BCUT2D eigenvalue weighted by molar-refractivity contribution is 5.85. The highest BCUT2D eigenvalue weighted by Gasteiger charge is 2.24. The molecule has 6 heteroatoms. The van der Waals surface area contributed by atoms with E-state index in [1.165, 1.54) is 10.9 Å². The molecule has 25 heavy (non-hydrogen) atoms. The van der Waals surface area contributed by atoms with E-state index in [1.54, 1.807) is 0 Å². The first-order valence-corrected chi connectivity index (χ1v) is 9.11. The van der Waals surface area contributed by atoms with Crippen molar-refractivity contribution < 1.29 is 9.59 Å². The van der Waals surface area contributed by atoms with Crippen LogP contribution in [-0.4, -0.2) is 41.0 Å². The van der Waals surface area contributed by atoms with Gasteiger partial charge in [-0.25, -0.2) is 4.79 Å². The van der Waals surface area contributed by atoms with Crippen LogP contribution in [0, 0.1) is 0 Å². The number of hydrogen-bond donors (Lipinski definition) is 3. The number of H-pyrrole nitrogens is 1. The van der Waals surface area contributed by atoms with Crippen LogP contribution in [0.5, 0.6) is 0 Å². The normalized spacial score (nSPS) is 16.6. The van der Waals surface area contributed by atoms with Crippen LogP contribution < -0.4 is 10.6 Å². The molecule has 4 rings (SSSR count). The largest absolute Gasteiger partial charge is 0.357 e. The van der Waals surface area contributed by atoms with E-state index in [2.05, 4.69) is 33.8 Å². The van der Waals surface area contributed by atoms with Crippen molar-refractivity contribution in [2.45, 2.75) is 44.7 Å². The Morgan fingerprint density at radius 3 is 2.92 bits per heavy atom. The summed E-state index contributed by atoms with van der Waals surface area (Å²) in [4.78, 5) is 29.2. The summed E-state index contributed by atoms with van der Waals surface area (Å²) in [6.45, 7) is 1.87. The molecule has 2 heterocycles. The third-order valence-corrected chi connectivity index (χ3v) is 4.97. The molecule has 0 unspecified atom stereocenters. The van der Waals surface area contributed by atoms with E-state index in [4.69, 9.17) is 0 Å². The zero-order valence-electron chi connectivity index (χ0n) is 14.3. The molecule has 3 amide bonds. The number of urea groups is 1. The molecule has 0 atom stereocenters. The van der Waals surface area contributed by atoms with Gasteiger partial charge in [0.15, 0.2) is 0 Å². The zero-order chi connectivity index (χ0) is 17.2. The summed E-state index contributed by atoms with van der Waals surface area (Å²) < 4.78 is 0. The molecule has 3 N–H and O–H groups in total. The van der Waals surface area contributed by atoms with E-state index in [1.807, 2.05) is 11.0 Å². The second kappa shape index (κ2) is 6.78. The lowest BCUT2D eigenvalue weighted by atomic mass is 10.0. The Labute approximate surface area is 147 Å². The minimum atomic E-state index is -0.0492. The number of nitrogens with one attached hydrogen (secondary N) is 3. The predicted octanol–water partition coefficient (Wildman–Crippen LogP) is 2.29. The summed E-state index contributed by atoms with van der Waals surface area (Å²) in [5, 5.41) is 7.16. The Morgan fingerprint density at radius 1 is 1.24 bits per heavy atom. The molecule has 1 fully saturated rings. The number of hydrogen-bond acceptors (Lipinski definition) is 2. The van der Waals surface area contributed by atoms with Crippen molar-refractivity contribution in [3.63, 3.8) is 0 Å². The van der Waals surface area contributed by atoms with Gasteiger partial charge in [-0.3, -0.25) is 4.79 Å². The maximum atomic E-state index is 12.4. The number of nitrogens with zero attached hydrogens (tertiary/aromatic N) is 1. The van der Waals surface area contributed by atoms with Gasteiger partial charge in [0, 0.05) is 42.1 Å². The number of carbonyl (C=O) groups is 2. The average molecular weight is 340 g/mol. The predicted molar refractivity (Wildman–Crippen MR) is 96.2 cm³/mol. The number of aromatic amines is 1. The number of carbonyl (C=O) groups excluding carboxylic acids is 2. The average Bonchev–Trinajstić information content (AvgIpc) is 3.35. The van der Waals surface area contributed by atoms with Crippen LogP contribution >= 0.6 is 0 Å². The first-order valence-electron chi connectivity index (χ1n) is 9.11. The van der Waals surface area contributed by atoms with Crippen molar-refractivity contribution in [1.29, 1.82) is 0 Å². The van der Waals surface area contributed by atoms with Gasteiger partial charge in [-0.2, -0.15) is 0 Å². The molecule has 1 aromatic carbocycles. The minimum absolute atomic E-state index is 0.0492. The first-order chi connectivity index (χ1) is 12.2. The van der Waals surface area contributed by atoms with E-state index in [0.717, 1.165) is 37.0 Å². The number of aromatic nitrogens is 1. The lowest BCUT2D eigenvalue weighted by molar-refractivity contribution is -0.121. The van der Waals surface area contributed by atoms with Gasteiger partial charge in [-0.05, 0) is 37.3 Å². The third-order valence-electron chi connectivity index (χ3n) is 4.97. The van der Waals surface area contributed by atoms with E-state index < -0.39 is 0 Å². The van der Waals surface area contributed by atoms with Gasteiger partial charge in [0.05, 0.1) is 6.54 Å². The molecule has 2 aromatic rings. The van der Waals surface area contributed by atoms with Gasteiger partial charge in [0.25, 0.3) is 0 Å². The van der Waals surface area contributed by atoms with Crippen LogP contribution in [0.25, 0.3) is 10.9 Å². The van der Waals surface area contributed by atoms with Crippen LogP contribution in [-0.2, 0) is 17.8 Å². The summed E-state index contributed by atoms with van der Waals surface area (Å²) in [5.41, 5.74) is 3.60. The number of fused-ring (bicyclic) bond motifs is 3. The van der Waals surface area contributed by atoms with Crippen molar-refractivity contribution in [3.8, 4) is 0 Å². The summed E-state index contributed by atoms with van der Waals surface area (Å²) in [7, 11) is 0. The molecular formula is C19H24N4O2. The quantitative estimate of drug-likeness (QED) is 0.731. The van der Waals surface area contributed by atoms with Crippen LogP contribution in [0.2, 0.25) is 0 Å². The van der Waals surface area contributed by atoms with E-state index in [9.17, 15) is 9.59 Å². The second-order valence-corrected chi connectivity index (χ2v) is 6.98. The molecular weight excluding hydrogens is 316 g/mol. The van der Waals surface area contributed by atoms with E-state index in [-0.39, 0.29) is 11.9 Å². The molecule has 0 bridgehead atoms. The maximum absolute atomic E-state index is 12.4. The van der Waals surface area contributed by atoms with Gasteiger partial charge in [-0.1, -0.05) is 18.2 Å². The fourth-order valence-electron chi connectivity index (χ4n) is 3.45. The molecule has 2 aliphatic rings. The zero-order valence-corrected chi connectivity index (χ0v) is 14.3. The number of para-hydroxylation sites is 1. The Bertz CT molecular complexity index is 794. The number of benzene rings is 1. The van der Waals surface area contributed by atoms with Crippen LogP contribution in [0.15, 0.2) is 24.3 Å². The topological polar surface area (TPSA) is 77.2 Å². The van der Waals surface area contributed by atoms with Gasteiger partial charge in [-0.15, -0.1) is 0 Å². The lowest BCUT2D eigenvalue weighted by Gasteiger charge is -2.27. The standard InChI is InChI=1S/C19H24N4O2/c24-18(21-13-7-8-13)6-3-10-20-19(25)23-11-9-15-14-4-1-2-5-16(14)22-17(15)12-23/h1-2,4-5,13,22H,3,6-12H2,(H,20,25)(H,21,24). The molecule has 132 valence electrons. The lowest BCUT2D eigenvalue weighted by Crippen LogP contribution is -2.43. The molecule has 0 spiro atoms. The molecule has 1 saturated carbocycles. The summed E-state index contributed by atoms with van der Waals surface area (Å²) in [5.74, 6) is 0.0949. The van der Waals surface area contributed by atoms with Gasteiger partial charge in [0.1, 0.15) is 0 Å². The van der Waals surface area contributed by atoms with E-state index in [0.29, 0.717) is 32.0 Å². The Hall–Kier alpha value is -2.50. The molecule has 1 aliphatic heterocycles. The van der Waals surface area contributed by atoms with Gasteiger partial charge in [0.2, 0.25) is 5.91 Å². The highest BCUT2D eigenvalue weighted by atomic mass is 16.2. The van der Waals surface area contributed by atoms with Gasteiger partial charge >= 0.3 is 6.03 Å². The van der Waals surface area contributed by atoms with E-state index >= 15 is 0 Å². The summed E-state index contributed by atoms with van der Waals surface area (Å²) in [6.07, 6.45) is 4.23. The Morgan fingerprint density at radius 2 is 2.08 bits per heavy atom.